The summed E-state index contributed by atoms with van der Waals surface area (Å²) in [5.41, 5.74) is 12.7. The fourth-order valence-electron chi connectivity index (χ4n) is 4.57. The van der Waals surface area contributed by atoms with E-state index in [4.69, 9.17) is 15.5 Å². The number of nitrogens with one attached hydrogen (secondary N) is 2. The SMILES string of the molecule is CC(C)Oc1ccc(C(=O)N[C@H](CCO)Cc2ccc(-c3cn4cccc(-c5cn[nH]c5)c4n3)cc2)cc1N. The predicted molar refractivity (Wildman–Crippen MR) is 151 cm³/mol. The lowest BCUT2D eigenvalue weighted by atomic mass is 10.0. The Morgan fingerprint density at radius 3 is 2.67 bits per heavy atom. The summed E-state index contributed by atoms with van der Waals surface area (Å²) in [6.07, 6.45) is 8.61. The lowest BCUT2D eigenvalue weighted by Crippen LogP contribution is -2.37. The number of hydrogen-bond acceptors (Lipinski definition) is 6. The molecule has 5 N–H and O–H groups in total. The zero-order chi connectivity index (χ0) is 27.4. The van der Waals surface area contributed by atoms with Crippen molar-refractivity contribution in [1.82, 2.24) is 24.9 Å². The third kappa shape index (κ3) is 5.94. The minimum Gasteiger partial charge on any atom is -0.489 e. The molecule has 0 aliphatic heterocycles. The summed E-state index contributed by atoms with van der Waals surface area (Å²) < 4.78 is 7.67. The van der Waals surface area contributed by atoms with Gasteiger partial charge in [0.05, 0.1) is 23.7 Å². The Balaban J connectivity index is 1.29. The molecule has 0 fully saturated rings. The largest absolute Gasteiger partial charge is 0.489 e. The Labute approximate surface area is 226 Å². The number of aliphatic hydroxyl groups excluding tert-OH is 1. The number of aromatic nitrogens is 4. The number of nitrogens with two attached hydrogens (primary N) is 1. The highest BCUT2D eigenvalue weighted by molar-refractivity contribution is 5.95. The summed E-state index contributed by atoms with van der Waals surface area (Å²) >= 11 is 0. The van der Waals surface area contributed by atoms with Crippen molar-refractivity contribution in [3.8, 4) is 28.1 Å². The van der Waals surface area contributed by atoms with E-state index >= 15 is 0 Å². The minimum absolute atomic E-state index is 0.0143. The summed E-state index contributed by atoms with van der Waals surface area (Å²) in [4.78, 5) is 17.8. The predicted octanol–water partition coefficient (Wildman–Crippen LogP) is 4.48. The summed E-state index contributed by atoms with van der Waals surface area (Å²) in [6.45, 7) is 3.80. The van der Waals surface area contributed by atoms with Crippen molar-refractivity contribution in [1.29, 1.82) is 0 Å². The molecule has 9 heteroatoms. The van der Waals surface area contributed by atoms with E-state index < -0.39 is 0 Å². The number of nitrogen functional groups attached to an aromatic ring is 1. The van der Waals surface area contributed by atoms with Crippen LogP contribution in [-0.2, 0) is 6.42 Å². The molecule has 0 unspecified atom stereocenters. The third-order valence-electron chi connectivity index (χ3n) is 6.47. The van der Waals surface area contributed by atoms with Gasteiger partial charge in [-0.25, -0.2) is 4.98 Å². The number of nitrogens with zero attached hydrogens (tertiary/aromatic N) is 3. The number of benzene rings is 2. The number of aliphatic hydroxyl groups is 1. The van der Waals surface area contributed by atoms with Crippen LogP contribution in [0.25, 0.3) is 28.0 Å². The van der Waals surface area contributed by atoms with Gasteiger partial charge < -0.3 is 25.3 Å². The number of ether oxygens (including phenoxy) is 1. The van der Waals surface area contributed by atoms with Crippen LogP contribution in [0.1, 0.15) is 36.2 Å². The van der Waals surface area contributed by atoms with Crippen LogP contribution >= 0.6 is 0 Å². The van der Waals surface area contributed by atoms with Gasteiger partial charge in [0.15, 0.2) is 0 Å². The first-order chi connectivity index (χ1) is 18.9. The lowest BCUT2D eigenvalue weighted by Gasteiger charge is -2.19. The Bertz CT molecular complexity index is 1560. The van der Waals surface area contributed by atoms with Crippen LogP contribution in [0.3, 0.4) is 0 Å². The maximum atomic E-state index is 12.9. The van der Waals surface area contributed by atoms with E-state index in [1.54, 1.807) is 24.4 Å². The van der Waals surface area contributed by atoms with Gasteiger partial charge in [0.2, 0.25) is 0 Å². The number of imidazole rings is 1. The third-order valence-corrected chi connectivity index (χ3v) is 6.47. The summed E-state index contributed by atoms with van der Waals surface area (Å²) in [5, 5.41) is 19.6. The van der Waals surface area contributed by atoms with E-state index in [1.165, 1.54) is 0 Å². The summed E-state index contributed by atoms with van der Waals surface area (Å²) in [6, 6.07) is 16.9. The van der Waals surface area contributed by atoms with Crippen LogP contribution in [0.4, 0.5) is 5.69 Å². The number of carbonyl (C=O) groups excluding carboxylic acids is 1. The van der Waals surface area contributed by atoms with Crippen LogP contribution in [-0.4, -0.2) is 49.3 Å². The maximum absolute atomic E-state index is 12.9. The van der Waals surface area contributed by atoms with Gasteiger partial charge in [0.25, 0.3) is 5.91 Å². The Morgan fingerprint density at radius 1 is 1.15 bits per heavy atom. The van der Waals surface area contributed by atoms with Crippen molar-refractivity contribution in [3.63, 3.8) is 0 Å². The quantitative estimate of drug-likeness (QED) is 0.199. The molecule has 1 atom stereocenters. The molecule has 200 valence electrons. The Hall–Kier alpha value is -4.63. The number of aromatic amines is 1. The standard InChI is InChI=1S/C30H32N6O3/c1-19(2)39-28-10-9-22(15-26(28)31)30(38)34-24(11-13-37)14-20-5-7-21(8-6-20)27-18-36-12-3-4-25(29(36)35-27)23-16-32-33-17-23/h3-10,12,15-19,24,37H,11,13-14,31H2,1-2H3,(H,32,33)(H,34,38)/t24-/m1/s1. The number of hydrogen-bond donors (Lipinski definition) is 4. The molecule has 0 aliphatic rings. The minimum atomic E-state index is -0.244. The monoisotopic (exact) mass is 524 g/mol. The number of rotatable bonds is 10. The number of fused-ring (bicyclic) bond motifs is 1. The highest BCUT2D eigenvalue weighted by atomic mass is 16.5. The highest BCUT2D eigenvalue weighted by Gasteiger charge is 2.17. The highest BCUT2D eigenvalue weighted by Crippen LogP contribution is 2.27. The van der Waals surface area contributed by atoms with Crippen molar-refractivity contribution in [3.05, 3.63) is 90.5 Å². The first-order valence-electron chi connectivity index (χ1n) is 13.0. The second-order valence-corrected chi connectivity index (χ2v) is 9.77. The van der Waals surface area contributed by atoms with E-state index in [9.17, 15) is 9.90 Å². The van der Waals surface area contributed by atoms with E-state index in [1.807, 2.05) is 73.2 Å². The van der Waals surface area contributed by atoms with E-state index in [0.29, 0.717) is 29.8 Å². The van der Waals surface area contributed by atoms with Gasteiger partial charge in [-0.2, -0.15) is 5.10 Å². The molecular formula is C30H32N6O3. The summed E-state index contributed by atoms with van der Waals surface area (Å²) in [7, 11) is 0. The zero-order valence-electron chi connectivity index (χ0n) is 22.0. The second kappa shape index (κ2) is 11.4. The van der Waals surface area contributed by atoms with Gasteiger partial charge in [-0.15, -0.1) is 0 Å². The molecule has 0 saturated heterocycles. The van der Waals surface area contributed by atoms with Crippen molar-refractivity contribution in [2.24, 2.45) is 0 Å². The summed E-state index contributed by atoms with van der Waals surface area (Å²) in [5.74, 6) is 0.308. The average molecular weight is 525 g/mol. The normalized spacial score (nSPS) is 12.1. The van der Waals surface area contributed by atoms with Gasteiger partial charge in [-0.05, 0) is 62.6 Å². The van der Waals surface area contributed by atoms with E-state index in [2.05, 4.69) is 15.5 Å². The molecule has 0 spiro atoms. The topological polar surface area (TPSA) is 131 Å². The fourth-order valence-corrected chi connectivity index (χ4v) is 4.57. The molecule has 39 heavy (non-hydrogen) atoms. The number of anilines is 1. The first kappa shape index (κ1) is 26.0. The molecule has 1 amide bonds. The average Bonchev–Trinajstić information content (AvgIpc) is 3.60. The zero-order valence-corrected chi connectivity index (χ0v) is 22.0. The Kier molecular flexibility index (Phi) is 7.60. The van der Waals surface area contributed by atoms with Crippen LogP contribution in [0.15, 0.2) is 79.4 Å². The van der Waals surface area contributed by atoms with Gasteiger partial charge in [0, 0.05) is 53.5 Å². The van der Waals surface area contributed by atoms with Crippen LogP contribution in [0, 0.1) is 0 Å². The molecule has 0 aliphatic carbocycles. The molecule has 0 radical (unpaired) electrons. The van der Waals surface area contributed by atoms with Gasteiger partial charge in [-0.3, -0.25) is 9.89 Å². The van der Waals surface area contributed by atoms with Gasteiger partial charge in [0.1, 0.15) is 11.4 Å². The Morgan fingerprint density at radius 2 is 1.97 bits per heavy atom. The molecule has 0 saturated carbocycles. The van der Waals surface area contributed by atoms with Crippen LogP contribution < -0.4 is 15.8 Å². The van der Waals surface area contributed by atoms with Crippen molar-refractivity contribution in [2.45, 2.75) is 38.8 Å². The fraction of sp³-hybridized carbons (Fsp3) is 0.233. The molecule has 5 aromatic rings. The van der Waals surface area contributed by atoms with Crippen LogP contribution in [0.2, 0.25) is 0 Å². The molecule has 3 heterocycles. The van der Waals surface area contributed by atoms with Crippen molar-refractivity contribution >= 4 is 17.2 Å². The van der Waals surface area contributed by atoms with Crippen molar-refractivity contribution < 1.29 is 14.6 Å². The van der Waals surface area contributed by atoms with E-state index in [-0.39, 0.29) is 24.7 Å². The molecule has 3 aromatic heterocycles. The number of H-pyrrole nitrogens is 1. The number of pyridine rings is 1. The lowest BCUT2D eigenvalue weighted by molar-refractivity contribution is 0.0930. The number of amides is 1. The molecule has 9 nitrogen and oxygen atoms in total. The van der Waals surface area contributed by atoms with Gasteiger partial charge >= 0.3 is 0 Å². The van der Waals surface area contributed by atoms with Crippen LogP contribution in [0.5, 0.6) is 5.75 Å². The molecule has 2 aromatic carbocycles. The number of carbonyl (C=O) groups is 1. The molecular weight excluding hydrogens is 492 g/mol. The smallest absolute Gasteiger partial charge is 0.251 e. The van der Waals surface area contributed by atoms with E-state index in [0.717, 1.165) is 33.6 Å². The maximum Gasteiger partial charge on any atom is 0.251 e. The molecule has 5 rings (SSSR count). The first-order valence-corrected chi connectivity index (χ1v) is 13.0. The van der Waals surface area contributed by atoms with Gasteiger partial charge in [-0.1, -0.05) is 24.3 Å². The molecule has 0 bridgehead atoms. The van der Waals surface area contributed by atoms with Crippen molar-refractivity contribution in [2.75, 3.05) is 12.3 Å². The second-order valence-electron chi connectivity index (χ2n) is 9.77.